The zero-order chi connectivity index (χ0) is 17.8. The van der Waals surface area contributed by atoms with Crippen LogP contribution in [0.3, 0.4) is 0 Å². The van der Waals surface area contributed by atoms with Crippen LogP contribution in [0.2, 0.25) is 0 Å². The van der Waals surface area contributed by atoms with E-state index in [1.54, 1.807) is 31.3 Å². The first-order valence-electron chi connectivity index (χ1n) is 8.11. The molecule has 25 heavy (non-hydrogen) atoms. The molecule has 1 atom stereocenters. The van der Waals surface area contributed by atoms with Crippen LogP contribution in [0.15, 0.2) is 67.0 Å². The summed E-state index contributed by atoms with van der Waals surface area (Å²) in [6.45, 7) is 0.535. The van der Waals surface area contributed by atoms with Gasteiger partial charge in [-0.05, 0) is 23.3 Å². The van der Waals surface area contributed by atoms with Crippen LogP contribution in [0.25, 0.3) is 0 Å². The molecule has 0 fully saturated rings. The quantitative estimate of drug-likeness (QED) is 0.780. The number of amides is 1. The van der Waals surface area contributed by atoms with Crippen LogP contribution < -0.4 is 0 Å². The van der Waals surface area contributed by atoms with Gasteiger partial charge in [0.25, 0.3) is 5.91 Å². The Kier molecular flexibility index (Phi) is 4.95. The third-order valence-electron chi connectivity index (χ3n) is 4.04. The van der Waals surface area contributed by atoms with E-state index in [1.807, 2.05) is 59.3 Å². The number of imidazole rings is 1. The van der Waals surface area contributed by atoms with E-state index in [0.717, 1.165) is 11.1 Å². The van der Waals surface area contributed by atoms with Crippen molar-refractivity contribution in [1.82, 2.24) is 14.5 Å². The fourth-order valence-corrected chi connectivity index (χ4v) is 2.74. The second-order valence-corrected chi connectivity index (χ2v) is 6.13. The van der Waals surface area contributed by atoms with Crippen molar-refractivity contribution in [2.45, 2.75) is 12.6 Å². The van der Waals surface area contributed by atoms with Crippen molar-refractivity contribution in [1.29, 1.82) is 0 Å². The number of hydrogen-bond acceptors (Lipinski definition) is 3. The van der Waals surface area contributed by atoms with Crippen LogP contribution in [0.4, 0.5) is 0 Å². The van der Waals surface area contributed by atoms with Crippen molar-refractivity contribution in [3.8, 4) is 0 Å². The molecule has 0 spiro atoms. The van der Waals surface area contributed by atoms with E-state index in [-0.39, 0.29) is 5.91 Å². The highest BCUT2D eigenvalue weighted by Gasteiger charge is 2.16. The topological polar surface area (TPSA) is 58.4 Å². The number of nitrogens with zero attached hydrogens (tertiary/aromatic N) is 3. The summed E-state index contributed by atoms with van der Waals surface area (Å²) in [7, 11) is 3.47. The van der Waals surface area contributed by atoms with E-state index in [2.05, 4.69) is 4.98 Å². The van der Waals surface area contributed by atoms with Gasteiger partial charge in [-0.1, -0.05) is 42.5 Å². The van der Waals surface area contributed by atoms with Gasteiger partial charge in [-0.25, -0.2) is 4.98 Å². The summed E-state index contributed by atoms with van der Waals surface area (Å²) >= 11 is 0. The van der Waals surface area contributed by atoms with Crippen LogP contribution >= 0.6 is 0 Å². The Morgan fingerprint density at radius 1 is 1.16 bits per heavy atom. The second-order valence-electron chi connectivity index (χ2n) is 6.13. The SMILES string of the molecule is CN(C)C(=O)c1cccc(Cn2ccnc2[C@@H](O)c2ccccc2)c1. The second kappa shape index (κ2) is 7.32. The average Bonchev–Trinajstić information content (AvgIpc) is 3.09. The minimum atomic E-state index is -0.789. The molecule has 2 aromatic carbocycles. The number of aliphatic hydroxyl groups excluding tert-OH is 1. The number of carbonyl (C=O) groups excluding carboxylic acids is 1. The monoisotopic (exact) mass is 335 g/mol. The smallest absolute Gasteiger partial charge is 0.253 e. The van der Waals surface area contributed by atoms with E-state index < -0.39 is 6.10 Å². The first-order chi connectivity index (χ1) is 12.1. The molecule has 0 unspecified atom stereocenters. The zero-order valence-electron chi connectivity index (χ0n) is 14.3. The van der Waals surface area contributed by atoms with Crippen molar-refractivity contribution >= 4 is 5.91 Å². The molecule has 1 aromatic heterocycles. The molecule has 5 heteroatoms. The summed E-state index contributed by atoms with van der Waals surface area (Å²) in [6, 6.07) is 17.0. The Bertz CT molecular complexity index is 856. The lowest BCUT2D eigenvalue weighted by Gasteiger charge is -2.15. The van der Waals surface area contributed by atoms with E-state index >= 15 is 0 Å². The average molecular weight is 335 g/mol. The fourth-order valence-electron chi connectivity index (χ4n) is 2.74. The van der Waals surface area contributed by atoms with Crippen LogP contribution in [0.1, 0.15) is 33.4 Å². The minimum Gasteiger partial charge on any atom is -0.380 e. The number of carbonyl (C=O) groups is 1. The van der Waals surface area contributed by atoms with Crippen molar-refractivity contribution in [3.05, 3.63) is 89.5 Å². The van der Waals surface area contributed by atoms with Gasteiger partial charge >= 0.3 is 0 Å². The predicted molar refractivity (Wildman–Crippen MR) is 96.3 cm³/mol. The Balaban J connectivity index is 1.85. The van der Waals surface area contributed by atoms with E-state index in [0.29, 0.717) is 17.9 Å². The number of hydrogen-bond donors (Lipinski definition) is 1. The first-order valence-corrected chi connectivity index (χ1v) is 8.11. The van der Waals surface area contributed by atoms with E-state index in [4.69, 9.17) is 0 Å². The Morgan fingerprint density at radius 3 is 2.64 bits per heavy atom. The molecule has 3 aromatic rings. The molecule has 0 saturated heterocycles. The number of rotatable bonds is 5. The number of benzene rings is 2. The fraction of sp³-hybridized carbons (Fsp3) is 0.200. The Labute approximate surface area is 147 Å². The van der Waals surface area contributed by atoms with Crippen molar-refractivity contribution < 1.29 is 9.90 Å². The highest BCUT2D eigenvalue weighted by Crippen LogP contribution is 2.21. The van der Waals surface area contributed by atoms with E-state index in [1.165, 1.54) is 0 Å². The summed E-state index contributed by atoms with van der Waals surface area (Å²) < 4.78 is 1.90. The van der Waals surface area contributed by atoms with Crippen molar-refractivity contribution in [2.24, 2.45) is 0 Å². The molecule has 128 valence electrons. The summed E-state index contributed by atoms with van der Waals surface area (Å²) in [5.41, 5.74) is 2.42. The molecule has 0 aliphatic rings. The maximum absolute atomic E-state index is 12.1. The lowest BCUT2D eigenvalue weighted by molar-refractivity contribution is 0.0827. The van der Waals surface area contributed by atoms with Gasteiger partial charge in [-0.3, -0.25) is 4.79 Å². The predicted octanol–water partition coefficient (Wildman–Crippen LogP) is 2.71. The molecule has 0 aliphatic carbocycles. The summed E-state index contributed by atoms with van der Waals surface area (Å²) in [6.07, 6.45) is 2.72. The van der Waals surface area contributed by atoms with Gasteiger partial charge < -0.3 is 14.6 Å². The van der Waals surface area contributed by atoms with Crippen LogP contribution in [-0.2, 0) is 6.54 Å². The Morgan fingerprint density at radius 2 is 1.92 bits per heavy atom. The first kappa shape index (κ1) is 16.9. The molecule has 1 amide bonds. The van der Waals surface area contributed by atoms with Gasteiger partial charge in [0.2, 0.25) is 0 Å². The third-order valence-corrected chi connectivity index (χ3v) is 4.04. The van der Waals surface area contributed by atoms with Gasteiger partial charge in [0.1, 0.15) is 11.9 Å². The van der Waals surface area contributed by atoms with Gasteiger partial charge in [0.15, 0.2) is 0 Å². The molecular formula is C20H21N3O2. The molecule has 0 bridgehead atoms. The van der Waals surface area contributed by atoms with Gasteiger partial charge in [-0.2, -0.15) is 0 Å². The van der Waals surface area contributed by atoms with Gasteiger partial charge in [-0.15, -0.1) is 0 Å². The van der Waals surface area contributed by atoms with Crippen LogP contribution in [-0.4, -0.2) is 39.6 Å². The third kappa shape index (κ3) is 3.78. The largest absolute Gasteiger partial charge is 0.380 e. The molecular weight excluding hydrogens is 314 g/mol. The lowest BCUT2D eigenvalue weighted by atomic mass is 10.1. The standard InChI is InChI=1S/C20H21N3O2/c1-22(2)20(25)17-10-6-7-15(13-17)14-23-12-11-21-19(23)18(24)16-8-4-3-5-9-16/h3-13,18,24H,14H2,1-2H3/t18-/m0/s1. The highest BCUT2D eigenvalue weighted by molar-refractivity contribution is 5.94. The number of aromatic nitrogens is 2. The molecule has 3 rings (SSSR count). The molecule has 1 heterocycles. The maximum Gasteiger partial charge on any atom is 0.253 e. The molecule has 0 aliphatic heterocycles. The molecule has 1 N–H and O–H groups in total. The molecule has 0 saturated carbocycles. The summed E-state index contributed by atoms with van der Waals surface area (Å²) in [5, 5.41) is 10.6. The van der Waals surface area contributed by atoms with E-state index in [9.17, 15) is 9.90 Å². The van der Waals surface area contributed by atoms with Gasteiger partial charge in [0.05, 0.1) is 0 Å². The maximum atomic E-state index is 12.1. The summed E-state index contributed by atoms with van der Waals surface area (Å²) in [4.78, 5) is 18.0. The highest BCUT2D eigenvalue weighted by atomic mass is 16.3. The molecule has 5 nitrogen and oxygen atoms in total. The number of aliphatic hydroxyl groups is 1. The van der Waals surface area contributed by atoms with Gasteiger partial charge in [0, 0.05) is 38.6 Å². The van der Waals surface area contributed by atoms with Crippen molar-refractivity contribution in [3.63, 3.8) is 0 Å². The zero-order valence-corrected chi connectivity index (χ0v) is 14.3. The molecule has 0 radical (unpaired) electrons. The lowest BCUT2D eigenvalue weighted by Crippen LogP contribution is -2.21. The summed E-state index contributed by atoms with van der Waals surface area (Å²) in [5.74, 6) is 0.549. The van der Waals surface area contributed by atoms with Crippen molar-refractivity contribution in [2.75, 3.05) is 14.1 Å². The van der Waals surface area contributed by atoms with Crippen LogP contribution in [0, 0.1) is 0 Å². The van der Waals surface area contributed by atoms with Crippen LogP contribution in [0.5, 0.6) is 0 Å². The Hall–Kier alpha value is -2.92. The minimum absolute atomic E-state index is 0.0305. The normalized spacial score (nSPS) is 12.0.